The minimum atomic E-state index is -7.30. The standard InChI is InChI=1S/C14H12F10N2O2S/c15-9-1-3-10(4-2-9)25-5-7-26(8-6-25)29(27,28)14(23,24)12(18,19)11(16,17)13(20,21)22/h1-4H,5-8H2. The molecule has 2 rings (SSSR count). The Kier molecular flexibility index (Phi) is 5.82. The maximum Gasteiger partial charge on any atom is 0.460 e. The third kappa shape index (κ3) is 3.73. The number of piperazine rings is 1. The van der Waals surface area contributed by atoms with Crippen molar-refractivity contribution < 1.29 is 52.3 Å². The number of anilines is 1. The molecule has 0 amide bonds. The fourth-order valence-corrected chi connectivity index (χ4v) is 3.94. The molecule has 0 saturated carbocycles. The van der Waals surface area contributed by atoms with Crippen LogP contribution in [0.2, 0.25) is 0 Å². The minimum absolute atomic E-state index is 0.284. The van der Waals surface area contributed by atoms with Gasteiger partial charge in [0.2, 0.25) is 0 Å². The molecule has 1 aliphatic heterocycles. The fourth-order valence-electron chi connectivity index (χ4n) is 2.52. The van der Waals surface area contributed by atoms with Crippen LogP contribution in [-0.2, 0) is 10.0 Å². The van der Waals surface area contributed by atoms with E-state index in [1.807, 2.05) is 0 Å². The smallest absolute Gasteiger partial charge is 0.369 e. The van der Waals surface area contributed by atoms with Gasteiger partial charge in [0.1, 0.15) is 5.82 Å². The van der Waals surface area contributed by atoms with Crippen molar-refractivity contribution >= 4 is 15.7 Å². The number of nitrogens with zero attached hydrogens (tertiary/aromatic N) is 2. The van der Waals surface area contributed by atoms with Crippen LogP contribution < -0.4 is 4.90 Å². The largest absolute Gasteiger partial charge is 0.460 e. The van der Waals surface area contributed by atoms with Gasteiger partial charge in [-0.3, -0.25) is 0 Å². The van der Waals surface area contributed by atoms with Crippen LogP contribution in [0.15, 0.2) is 24.3 Å². The molecule has 1 heterocycles. The van der Waals surface area contributed by atoms with Gasteiger partial charge in [-0.2, -0.15) is 43.8 Å². The van der Waals surface area contributed by atoms with Crippen molar-refractivity contribution in [3.05, 3.63) is 30.1 Å². The first-order valence-electron chi connectivity index (χ1n) is 7.67. The van der Waals surface area contributed by atoms with Crippen LogP contribution in [0, 0.1) is 5.82 Å². The molecule has 1 fully saturated rings. The predicted octanol–water partition coefficient (Wildman–Crippen LogP) is 3.70. The molecule has 0 bridgehead atoms. The Hall–Kier alpha value is -1.77. The Bertz CT molecular complexity index is 831. The van der Waals surface area contributed by atoms with E-state index in [0.29, 0.717) is 5.69 Å². The molecule has 0 atom stereocenters. The second kappa shape index (κ2) is 7.18. The summed E-state index contributed by atoms with van der Waals surface area (Å²) in [6, 6.07) is 4.58. The highest BCUT2D eigenvalue weighted by Gasteiger charge is 2.85. The number of halogens is 10. The van der Waals surface area contributed by atoms with E-state index in [1.54, 1.807) is 0 Å². The van der Waals surface area contributed by atoms with E-state index in [9.17, 15) is 52.3 Å². The quantitative estimate of drug-likeness (QED) is 0.627. The molecular weight excluding hydrogens is 450 g/mol. The van der Waals surface area contributed by atoms with Gasteiger partial charge >= 0.3 is 23.3 Å². The first-order chi connectivity index (χ1) is 13.0. The zero-order chi connectivity index (χ0) is 22.5. The van der Waals surface area contributed by atoms with Crippen molar-refractivity contribution in [3.63, 3.8) is 0 Å². The van der Waals surface area contributed by atoms with Gasteiger partial charge in [-0.15, -0.1) is 0 Å². The molecule has 1 aromatic rings. The second-order valence-electron chi connectivity index (χ2n) is 6.03. The summed E-state index contributed by atoms with van der Waals surface area (Å²) in [5.74, 6) is -15.2. The van der Waals surface area contributed by atoms with Crippen LogP contribution in [0.1, 0.15) is 0 Å². The maximum absolute atomic E-state index is 13.8. The summed E-state index contributed by atoms with van der Waals surface area (Å²) < 4.78 is 153. The second-order valence-corrected chi connectivity index (χ2v) is 8.01. The van der Waals surface area contributed by atoms with Crippen LogP contribution in [0.3, 0.4) is 0 Å². The summed E-state index contributed by atoms with van der Waals surface area (Å²) in [5, 5.41) is -6.74. The lowest BCUT2D eigenvalue weighted by molar-refractivity contribution is -0.382. The average Bonchev–Trinajstić information content (AvgIpc) is 2.61. The van der Waals surface area contributed by atoms with Crippen molar-refractivity contribution in [2.24, 2.45) is 0 Å². The molecule has 0 radical (unpaired) electrons. The highest BCUT2D eigenvalue weighted by molar-refractivity contribution is 7.90. The molecular formula is C14H12F10N2O2S. The van der Waals surface area contributed by atoms with E-state index in [0.717, 1.165) is 12.1 Å². The first-order valence-corrected chi connectivity index (χ1v) is 9.11. The normalized spacial score (nSPS) is 18.2. The molecule has 4 nitrogen and oxygen atoms in total. The monoisotopic (exact) mass is 462 g/mol. The summed E-state index contributed by atoms with van der Waals surface area (Å²) in [6.07, 6.45) is -7.11. The number of benzene rings is 1. The highest BCUT2D eigenvalue weighted by Crippen LogP contribution is 2.55. The van der Waals surface area contributed by atoms with Gasteiger partial charge in [-0.05, 0) is 24.3 Å². The van der Waals surface area contributed by atoms with Crippen LogP contribution in [-0.4, -0.2) is 62.2 Å². The first kappa shape index (κ1) is 23.5. The zero-order valence-electron chi connectivity index (χ0n) is 14.0. The van der Waals surface area contributed by atoms with Crippen molar-refractivity contribution in [3.8, 4) is 0 Å². The lowest BCUT2D eigenvalue weighted by atomic mass is 10.1. The lowest BCUT2D eigenvalue weighted by Gasteiger charge is -2.39. The molecule has 15 heteroatoms. The number of rotatable bonds is 5. The van der Waals surface area contributed by atoms with Gasteiger partial charge in [-0.25, -0.2) is 12.8 Å². The topological polar surface area (TPSA) is 40.6 Å². The van der Waals surface area contributed by atoms with E-state index in [1.165, 1.54) is 17.0 Å². The van der Waals surface area contributed by atoms with Crippen molar-refractivity contribution in [2.45, 2.75) is 23.3 Å². The highest BCUT2D eigenvalue weighted by atomic mass is 32.2. The van der Waals surface area contributed by atoms with Crippen molar-refractivity contribution in [1.82, 2.24) is 4.31 Å². The molecule has 29 heavy (non-hydrogen) atoms. The Morgan fingerprint density at radius 2 is 1.17 bits per heavy atom. The summed E-state index contributed by atoms with van der Waals surface area (Å²) >= 11 is 0. The number of alkyl halides is 9. The van der Waals surface area contributed by atoms with Gasteiger partial charge in [0, 0.05) is 31.9 Å². The SMILES string of the molecule is O=S(=O)(N1CCN(c2ccc(F)cc2)CC1)C(F)(F)C(F)(F)C(F)(F)C(F)(F)F. The van der Waals surface area contributed by atoms with Crippen LogP contribution in [0.5, 0.6) is 0 Å². The molecule has 0 aliphatic carbocycles. The summed E-state index contributed by atoms with van der Waals surface area (Å²) in [6.45, 7) is -2.57. The molecule has 166 valence electrons. The predicted molar refractivity (Wildman–Crippen MR) is 80.0 cm³/mol. The van der Waals surface area contributed by atoms with Gasteiger partial charge in [-0.1, -0.05) is 0 Å². The molecule has 1 saturated heterocycles. The van der Waals surface area contributed by atoms with Crippen LogP contribution >= 0.6 is 0 Å². The van der Waals surface area contributed by atoms with Gasteiger partial charge in [0.25, 0.3) is 10.0 Å². The van der Waals surface area contributed by atoms with E-state index < -0.39 is 52.2 Å². The Morgan fingerprint density at radius 3 is 1.59 bits per heavy atom. The number of hydrogen-bond donors (Lipinski definition) is 0. The molecule has 0 unspecified atom stereocenters. The Labute approximate surface area is 157 Å². The van der Waals surface area contributed by atoms with Gasteiger partial charge in [0.05, 0.1) is 0 Å². The minimum Gasteiger partial charge on any atom is -0.369 e. The van der Waals surface area contributed by atoms with E-state index in [-0.39, 0.29) is 17.4 Å². The van der Waals surface area contributed by atoms with Crippen molar-refractivity contribution in [2.75, 3.05) is 31.1 Å². The molecule has 1 aromatic carbocycles. The maximum atomic E-state index is 13.8. The van der Waals surface area contributed by atoms with Gasteiger partial charge < -0.3 is 4.90 Å². The third-order valence-corrected chi connectivity index (χ3v) is 6.16. The number of sulfonamides is 1. The van der Waals surface area contributed by atoms with Crippen LogP contribution in [0.25, 0.3) is 0 Å². The van der Waals surface area contributed by atoms with E-state index in [4.69, 9.17) is 0 Å². The van der Waals surface area contributed by atoms with Gasteiger partial charge in [0.15, 0.2) is 0 Å². The molecule has 0 aromatic heterocycles. The molecule has 1 aliphatic rings. The Morgan fingerprint density at radius 1 is 0.724 bits per heavy atom. The zero-order valence-corrected chi connectivity index (χ0v) is 14.9. The lowest BCUT2D eigenvalue weighted by Crippen LogP contribution is -2.66. The molecule has 0 N–H and O–H groups in total. The van der Waals surface area contributed by atoms with Crippen LogP contribution in [0.4, 0.5) is 49.6 Å². The average molecular weight is 462 g/mol. The Balaban J connectivity index is 2.25. The van der Waals surface area contributed by atoms with E-state index in [2.05, 4.69) is 0 Å². The summed E-state index contributed by atoms with van der Waals surface area (Å²) in [5.41, 5.74) is 0.323. The summed E-state index contributed by atoms with van der Waals surface area (Å²) in [4.78, 5) is 1.35. The van der Waals surface area contributed by atoms with E-state index >= 15 is 0 Å². The molecule has 0 spiro atoms. The van der Waals surface area contributed by atoms with Crippen molar-refractivity contribution in [1.29, 1.82) is 0 Å². The number of hydrogen-bond acceptors (Lipinski definition) is 3. The fraction of sp³-hybridized carbons (Fsp3) is 0.571. The summed E-state index contributed by atoms with van der Waals surface area (Å²) in [7, 11) is -6.59. The third-order valence-electron chi connectivity index (χ3n) is 4.21.